The van der Waals surface area contributed by atoms with Gasteiger partial charge in [0.25, 0.3) is 0 Å². The lowest BCUT2D eigenvalue weighted by Crippen LogP contribution is -2.11. The van der Waals surface area contributed by atoms with Crippen LogP contribution in [0.5, 0.6) is 0 Å². The molecule has 3 heterocycles. The van der Waals surface area contributed by atoms with Crippen molar-refractivity contribution in [3.05, 3.63) is 158 Å². The van der Waals surface area contributed by atoms with Crippen molar-refractivity contribution in [2.24, 2.45) is 0 Å². The van der Waals surface area contributed by atoms with E-state index in [1.54, 1.807) is 0 Å². The summed E-state index contributed by atoms with van der Waals surface area (Å²) in [5.41, 5.74) is 10.9. The van der Waals surface area contributed by atoms with Crippen LogP contribution in [0.15, 0.2) is 171 Å². The number of hydrogen-bond donors (Lipinski definition) is 0. The third-order valence-corrected chi connectivity index (χ3v) is 9.11. The number of hydrogen-bond acceptors (Lipinski definition) is 5. The quantitative estimate of drug-likeness (QED) is 0.192. The molecule has 48 heavy (non-hydrogen) atoms. The van der Waals surface area contributed by atoms with Gasteiger partial charge >= 0.3 is 0 Å². The Labute approximate surface area is 274 Å². The SMILES string of the molecule is c1ccc(-c2nc3c(ccc4oc5cc(N(c6ccc7c(c6)oc6ccccc67)c6ccccc6-c6ccccc6)ccc5c43)o2)cc1. The summed E-state index contributed by atoms with van der Waals surface area (Å²) in [6.07, 6.45) is 0. The molecule has 0 atom stereocenters. The number of para-hydroxylation sites is 2. The maximum absolute atomic E-state index is 6.54. The molecular formula is C43H26N2O3. The zero-order valence-electron chi connectivity index (χ0n) is 25.6. The van der Waals surface area contributed by atoms with Gasteiger partial charge in [-0.2, -0.15) is 0 Å². The lowest BCUT2D eigenvalue weighted by molar-refractivity contribution is 0.619. The molecule has 0 radical (unpaired) electrons. The lowest BCUT2D eigenvalue weighted by Gasteiger charge is -2.27. The molecule has 7 aromatic carbocycles. The van der Waals surface area contributed by atoms with Crippen molar-refractivity contribution in [2.45, 2.75) is 0 Å². The lowest BCUT2D eigenvalue weighted by atomic mass is 10.0. The van der Waals surface area contributed by atoms with Gasteiger partial charge in [0.05, 0.1) is 11.1 Å². The number of oxazole rings is 1. The zero-order valence-corrected chi connectivity index (χ0v) is 25.6. The molecule has 0 unspecified atom stereocenters. The minimum absolute atomic E-state index is 0.591. The molecule has 0 fully saturated rings. The average molecular weight is 619 g/mol. The van der Waals surface area contributed by atoms with Gasteiger partial charge < -0.3 is 18.2 Å². The van der Waals surface area contributed by atoms with E-state index in [1.807, 2.05) is 66.7 Å². The first kappa shape index (κ1) is 26.6. The number of rotatable bonds is 5. The van der Waals surface area contributed by atoms with Crippen molar-refractivity contribution < 1.29 is 13.3 Å². The number of aromatic nitrogens is 1. The fraction of sp³-hybridized carbons (Fsp3) is 0. The van der Waals surface area contributed by atoms with Gasteiger partial charge in [-0.05, 0) is 66.2 Å². The molecule has 0 aliphatic rings. The van der Waals surface area contributed by atoms with E-state index in [2.05, 4.69) is 95.9 Å². The summed E-state index contributed by atoms with van der Waals surface area (Å²) < 4.78 is 19.1. The molecule has 5 heteroatoms. The van der Waals surface area contributed by atoms with Crippen LogP contribution in [0.4, 0.5) is 17.1 Å². The van der Waals surface area contributed by atoms with E-state index in [1.165, 1.54) is 0 Å². The molecule has 0 saturated heterocycles. The van der Waals surface area contributed by atoms with Crippen LogP contribution in [0.1, 0.15) is 0 Å². The van der Waals surface area contributed by atoms with Crippen molar-refractivity contribution in [3.8, 4) is 22.6 Å². The Morgan fingerprint density at radius 1 is 0.417 bits per heavy atom. The van der Waals surface area contributed by atoms with Crippen molar-refractivity contribution >= 4 is 72.0 Å². The van der Waals surface area contributed by atoms with E-state index in [0.29, 0.717) is 5.89 Å². The second-order valence-electron chi connectivity index (χ2n) is 12.0. The molecular weight excluding hydrogens is 592 g/mol. The molecule has 0 aliphatic carbocycles. The summed E-state index contributed by atoms with van der Waals surface area (Å²) in [6.45, 7) is 0. The van der Waals surface area contributed by atoms with Gasteiger partial charge in [0, 0.05) is 50.8 Å². The number of nitrogens with zero attached hydrogens (tertiary/aromatic N) is 2. The fourth-order valence-corrected chi connectivity index (χ4v) is 6.90. The van der Waals surface area contributed by atoms with Gasteiger partial charge in [-0.15, -0.1) is 0 Å². The van der Waals surface area contributed by atoms with Gasteiger partial charge in [0.1, 0.15) is 27.8 Å². The van der Waals surface area contributed by atoms with Gasteiger partial charge in [0.15, 0.2) is 5.58 Å². The van der Waals surface area contributed by atoms with Crippen LogP contribution in [-0.2, 0) is 0 Å². The Hall–Kier alpha value is -6.59. The average Bonchev–Trinajstić information content (AvgIpc) is 3.85. The first-order chi connectivity index (χ1) is 23.8. The normalized spacial score (nSPS) is 11.8. The molecule has 0 spiro atoms. The maximum atomic E-state index is 6.54. The molecule has 10 aromatic rings. The standard InChI is InChI=1S/C43H26N2O3/c1-3-11-27(12-4-1)31-15-7-9-17-35(31)45(29-19-21-33-32-16-8-10-18-36(32)46-39(33)25-29)30-20-22-34-40(26-30)47-37-23-24-38-42(41(34)37)44-43(48-38)28-13-5-2-6-14-28/h1-26H. The Morgan fingerprint density at radius 3 is 1.83 bits per heavy atom. The first-order valence-corrected chi connectivity index (χ1v) is 16.0. The first-order valence-electron chi connectivity index (χ1n) is 16.0. The van der Waals surface area contributed by atoms with E-state index in [0.717, 1.165) is 88.7 Å². The van der Waals surface area contributed by atoms with Gasteiger partial charge in [-0.3, -0.25) is 0 Å². The van der Waals surface area contributed by atoms with Crippen molar-refractivity contribution in [2.75, 3.05) is 4.90 Å². The van der Waals surface area contributed by atoms with Crippen LogP contribution in [0.2, 0.25) is 0 Å². The number of furan rings is 2. The zero-order chi connectivity index (χ0) is 31.6. The van der Waals surface area contributed by atoms with E-state index >= 15 is 0 Å². The Kier molecular flexibility index (Phi) is 5.81. The van der Waals surface area contributed by atoms with Crippen LogP contribution < -0.4 is 4.90 Å². The highest BCUT2D eigenvalue weighted by atomic mass is 16.4. The molecule has 3 aromatic heterocycles. The summed E-state index contributed by atoms with van der Waals surface area (Å²) >= 11 is 0. The van der Waals surface area contributed by atoms with Gasteiger partial charge in [-0.25, -0.2) is 4.98 Å². The number of anilines is 3. The van der Waals surface area contributed by atoms with Gasteiger partial charge in [0.2, 0.25) is 5.89 Å². The van der Waals surface area contributed by atoms with Crippen molar-refractivity contribution in [1.29, 1.82) is 0 Å². The Bertz CT molecular complexity index is 2790. The van der Waals surface area contributed by atoms with Crippen LogP contribution >= 0.6 is 0 Å². The van der Waals surface area contributed by atoms with Crippen molar-refractivity contribution in [3.63, 3.8) is 0 Å². The maximum Gasteiger partial charge on any atom is 0.227 e. The molecule has 5 nitrogen and oxygen atoms in total. The Morgan fingerprint density at radius 2 is 1.02 bits per heavy atom. The minimum Gasteiger partial charge on any atom is -0.456 e. The topological polar surface area (TPSA) is 55.6 Å². The van der Waals surface area contributed by atoms with E-state index in [4.69, 9.17) is 18.2 Å². The predicted octanol–water partition coefficient (Wildman–Crippen LogP) is 12.4. The summed E-state index contributed by atoms with van der Waals surface area (Å²) in [7, 11) is 0. The van der Waals surface area contributed by atoms with Crippen LogP contribution in [0, 0.1) is 0 Å². The summed E-state index contributed by atoms with van der Waals surface area (Å²) in [5, 5.41) is 4.12. The van der Waals surface area contributed by atoms with E-state index in [9.17, 15) is 0 Å². The summed E-state index contributed by atoms with van der Waals surface area (Å²) in [6, 6.07) is 53.9. The second kappa shape index (κ2) is 10.5. The third-order valence-electron chi connectivity index (χ3n) is 9.11. The van der Waals surface area contributed by atoms with Crippen LogP contribution in [0.3, 0.4) is 0 Å². The highest BCUT2D eigenvalue weighted by Crippen LogP contribution is 2.45. The molecule has 0 aliphatic heterocycles. The smallest absolute Gasteiger partial charge is 0.227 e. The molecule has 226 valence electrons. The van der Waals surface area contributed by atoms with Crippen LogP contribution in [0.25, 0.3) is 77.6 Å². The molecule has 10 rings (SSSR count). The summed E-state index contributed by atoms with van der Waals surface area (Å²) in [5.74, 6) is 0.591. The third kappa shape index (κ3) is 4.15. The van der Waals surface area contributed by atoms with Crippen molar-refractivity contribution in [1.82, 2.24) is 4.98 Å². The highest BCUT2D eigenvalue weighted by molar-refractivity contribution is 6.17. The van der Waals surface area contributed by atoms with Crippen LogP contribution in [-0.4, -0.2) is 4.98 Å². The highest BCUT2D eigenvalue weighted by Gasteiger charge is 2.22. The monoisotopic (exact) mass is 618 g/mol. The molecule has 0 bridgehead atoms. The number of fused-ring (bicyclic) bond motifs is 8. The summed E-state index contributed by atoms with van der Waals surface area (Å²) in [4.78, 5) is 7.21. The van der Waals surface area contributed by atoms with E-state index < -0.39 is 0 Å². The molecule has 0 saturated carbocycles. The molecule has 0 amide bonds. The van der Waals surface area contributed by atoms with E-state index in [-0.39, 0.29) is 0 Å². The minimum atomic E-state index is 0.591. The molecule has 0 N–H and O–H groups in total. The largest absolute Gasteiger partial charge is 0.456 e. The number of benzene rings is 7. The predicted molar refractivity (Wildman–Crippen MR) is 194 cm³/mol. The second-order valence-corrected chi connectivity index (χ2v) is 12.0. The van der Waals surface area contributed by atoms with Gasteiger partial charge in [-0.1, -0.05) is 84.9 Å². The Balaban J connectivity index is 1.19. The fourth-order valence-electron chi connectivity index (χ4n) is 6.90.